The third-order valence-corrected chi connectivity index (χ3v) is 2.99. The molecule has 0 saturated carbocycles. The summed E-state index contributed by atoms with van der Waals surface area (Å²) in [6, 6.07) is 2.18. The maximum atomic E-state index is 5.67. The van der Waals surface area contributed by atoms with E-state index in [2.05, 4.69) is 50.9 Å². The first-order valence-corrected chi connectivity index (χ1v) is 7.48. The van der Waals surface area contributed by atoms with Crippen LogP contribution in [0.15, 0.2) is 16.7 Å². The van der Waals surface area contributed by atoms with E-state index in [1.165, 1.54) is 18.4 Å². The zero-order valence-electron chi connectivity index (χ0n) is 13.3. The molecule has 0 saturated heterocycles. The van der Waals surface area contributed by atoms with E-state index in [4.69, 9.17) is 4.42 Å². The number of rotatable bonds is 8. The molecule has 0 aliphatic heterocycles. The van der Waals surface area contributed by atoms with Gasteiger partial charge in [-0.25, -0.2) is 0 Å². The van der Waals surface area contributed by atoms with Gasteiger partial charge in [0.1, 0.15) is 5.76 Å². The minimum Gasteiger partial charge on any atom is -0.468 e. The summed E-state index contributed by atoms with van der Waals surface area (Å²) in [5.74, 6) is 1.08. The van der Waals surface area contributed by atoms with Crippen molar-refractivity contribution in [3.63, 3.8) is 0 Å². The smallest absolute Gasteiger partial charge is 0.118 e. The number of nitrogens with zero attached hydrogens (tertiary/aromatic N) is 1. The highest BCUT2D eigenvalue weighted by molar-refractivity contribution is 5.13. The van der Waals surface area contributed by atoms with Crippen LogP contribution >= 0.6 is 0 Å². The molecule has 1 aromatic heterocycles. The quantitative estimate of drug-likeness (QED) is 0.776. The zero-order chi connectivity index (χ0) is 14.3. The summed E-state index contributed by atoms with van der Waals surface area (Å²) in [5, 5.41) is 3.48. The van der Waals surface area contributed by atoms with Crippen LogP contribution < -0.4 is 5.32 Å². The predicted molar refractivity (Wildman–Crippen MR) is 81.2 cm³/mol. The molecule has 0 fully saturated rings. The van der Waals surface area contributed by atoms with Crippen molar-refractivity contribution in [3.8, 4) is 0 Å². The molecular weight excluding hydrogens is 236 g/mol. The van der Waals surface area contributed by atoms with Crippen molar-refractivity contribution in [2.75, 3.05) is 13.1 Å². The zero-order valence-corrected chi connectivity index (χ0v) is 13.3. The fourth-order valence-electron chi connectivity index (χ4n) is 2.09. The highest BCUT2D eigenvalue weighted by Gasteiger charge is 2.11. The summed E-state index contributed by atoms with van der Waals surface area (Å²) in [5.41, 5.74) is 1.38. The molecule has 0 atom stereocenters. The van der Waals surface area contributed by atoms with Crippen molar-refractivity contribution in [1.29, 1.82) is 0 Å². The Morgan fingerprint density at radius 2 is 1.79 bits per heavy atom. The van der Waals surface area contributed by atoms with Gasteiger partial charge in [0, 0.05) is 17.6 Å². The fourth-order valence-corrected chi connectivity index (χ4v) is 2.09. The maximum absolute atomic E-state index is 5.67. The first-order chi connectivity index (χ1) is 8.94. The molecule has 19 heavy (non-hydrogen) atoms. The van der Waals surface area contributed by atoms with Gasteiger partial charge in [0.15, 0.2) is 0 Å². The molecule has 1 aromatic rings. The van der Waals surface area contributed by atoms with Gasteiger partial charge in [-0.3, -0.25) is 4.90 Å². The number of nitrogens with one attached hydrogen (secondary N) is 1. The van der Waals surface area contributed by atoms with Crippen molar-refractivity contribution < 1.29 is 4.42 Å². The van der Waals surface area contributed by atoms with E-state index in [9.17, 15) is 0 Å². The molecule has 0 spiro atoms. The lowest BCUT2D eigenvalue weighted by atomic mass is 10.1. The number of hydrogen-bond donors (Lipinski definition) is 1. The van der Waals surface area contributed by atoms with E-state index in [1.807, 2.05) is 6.26 Å². The molecule has 0 amide bonds. The van der Waals surface area contributed by atoms with Crippen LogP contribution in [0.2, 0.25) is 0 Å². The van der Waals surface area contributed by atoms with Crippen LogP contribution in [0.3, 0.4) is 0 Å². The Morgan fingerprint density at radius 3 is 2.32 bits per heavy atom. The van der Waals surface area contributed by atoms with Gasteiger partial charge in [0.05, 0.1) is 12.8 Å². The highest BCUT2D eigenvalue weighted by atomic mass is 16.3. The van der Waals surface area contributed by atoms with Gasteiger partial charge in [0.25, 0.3) is 0 Å². The molecule has 0 aromatic carbocycles. The summed E-state index contributed by atoms with van der Waals surface area (Å²) in [4.78, 5) is 2.46. The molecule has 3 heteroatoms. The largest absolute Gasteiger partial charge is 0.468 e. The summed E-state index contributed by atoms with van der Waals surface area (Å²) in [7, 11) is 0. The molecule has 0 bridgehead atoms. The second-order valence-electron chi connectivity index (χ2n) is 6.30. The summed E-state index contributed by atoms with van der Waals surface area (Å²) in [6.45, 7) is 15.1. The van der Waals surface area contributed by atoms with Crippen molar-refractivity contribution in [2.45, 2.75) is 66.1 Å². The summed E-state index contributed by atoms with van der Waals surface area (Å²) < 4.78 is 5.67. The molecule has 3 nitrogen and oxygen atoms in total. The third-order valence-electron chi connectivity index (χ3n) is 2.99. The van der Waals surface area contributed by atoms with E-state index in [0.29, 0.717) is 0 Å². The Morgan fingerprint density at radius 1 is 1.16 bits per heavy atom. The average molecular weight is 266 g/mol. The topological polar surface area (TPSA) is 28.4 Å². The Bertz CT molecular complexity index is 346. The first-order valence-electron chi connectivity index (χ1n) is 7.48. The lowest BCUT2D eigenvalue weighted by Crippen LogP contribution is -2.34. The summed E-state index contributed by atoms with van der Waals surface area (Å²) >= 11 is 0. The van der Waals surface area contributed by atoms with Crippen LogP contribution in [-0.2, 0) is 13.1 Å². The summed E-state index contributed by atoms with van der Waals surface area (Å²) in [6.07, 6.45) is 4.27. The highest BCUT2D eigenvalue weighted by Crippen LogP contribution is 2.12. The van der Waals surface area contributed by atoms with Crippen molar-refractivity contribution in [3.05, 3.63) is 23.7 Å². The van der Waals surface area contributed by atoms with Crippen LogP contribution in [0.25, 0.3) is 0 Å². The van der Waals surface area contributed by atoms with Gasteiger partial charge in [-0.05, 0) is 52.8 Å². The van der Waals surface area contributed by atoms with Gasteiger partial charge in [-0.2, -0.15) is 0 Å². The number of hydrogen-bond acceptors (Lipinski definition) is 3. The molecule has 1 rings (SSSR count). The van der Waals surface area contributed by atoms with Crippen LogP contribution in [0.5, 0.6) is 0 Å². The van der Waals surface area contributed by atoms with Gasteiger partial charge in [0.2, 0.25) is 0 Å². The Hall–Kier alpha value is -0.800. The lowest BCUT2D eigenvalue weighted by Gasteiger charge is -2.20. The minimum atomic E-state index is 0.147. The second kappa shape index (κ2) is 7.71. The SMILES string of the molecule is CCCN(CCC)Cc1cc(CNC(C)(C)C)co1. The molecule has 110 valence electrons. The van der Waals surface area contributed by atoms with E-state index in [1.54, 1.807) is 0 Å². The van der Waals surface area contributed by atoms with Gasteiger partial charge >= 0.3 is 0 Å². The van der Waals surface area contributed by atoms with Crippen molar-refractivity contribution in [2.24, 2.45) is 0 Å². The van der Waals surface area contributed by atoms with Gasteiger partial charge in [-0.1, -0.05) is 13.8 Å². The molecule has 0 aliphatic rings. The minimum absolute atomic E-state index is 0.147. The van der Waals surface area contributed by atoms with Crippen molar-refractivity contribution in [1.82, 2.24) is 10.2 Å². The number of furan rings is 1. The fraction of sp³-hybridized carbons (Fsp3) is 0.750. The molecular formula is C16H30N2O. The van der Waals surface area contributed by atoms with Crippen LogP contribution in [0.1, 0.15) is 58.8 Å². The van der Waals surface area contributed by atoms with Crippen LogP contribution in [0, 0.1) is 0 Å². The van der Waals surface area contributed by atoms with E-state index < -0.39 is 0 Å². The van der Waals surface area contributed by atoms with Crippen molar-refractivity contribution >= 4 is 0 Å². The Balaban J connectivity index is 2.48. The molecule has 0 unspecified atom stereocenters. The average Bonchev–Trinajstić information content (AvgIpc) is 2.74. The van der Waals surface area contributed by atoms with Gasteiger partial charge in [-0.15, -0.1) is 0 Å². The molecule has 1 N–H and O–H groups in total. The Kier molecular flexibility index (Phi) is 6.59. The van der Waals surface area contributed by atoms with Crippen LogP contribution in [0.4, 0.5) is 0 Å². The van der Waals surface area contributed by atoms with Gasteiger partial charge < -0.3 is 9.73 Å². The maximum Gasteiger partial charge on any atom is 0.118 e. The molecule has 0 radical (unpaired) electrons. The standard InChI is InChI=1S/C16H30N2O/c1-6-8-18(9-7-2)12-15-10-14(13-19-15)11-17-16(3,4)5/h10,13,17H,6-9,11-12H2,1-5H3. The lowest BCUT2D eigenvalue weighted by molar-refractivity contribution is 0.244. The monoisotopic (exact) mass is 266 g/mol. The predicted octanol–water partition coefficient (Wildman–Crippen LogP) is 3.79. The molecule has 0 aliphatic carbocycles. The molecule has 1 heterocycles. The normalized spacial score (nSPS) is 12.3. The van der Waals surface area contributed by atoms with E-state index in [0.717, 1.165) is 31.9 Å². The van der Waals surface area contributed by atoms with E-state index in [-0.39, 0.29) is 5.54 Å². The Labute approximate surface area is 118 Å². The first kappa shape index (κ1) is 16.3. The van der Waals surface area contributed by atoms with E-state index >= 15 is 0 Å². The second-order valence-corrected chi connectivity index (χ2v) is 6.30. The van der Waals surface area contributed by atoms with Crippen LogP contribution in [-0.4, -0.2) is 23.5 Å². The third kappa shape index (κ3) is 6.79.